The largest absolute Gasteiger partial charge is 0.339 e. The molecule has 2 aromatic rings. The Morgan fingerprint density at radius 2 is 2.35 bits per heavy atom. The van der Waals surface area contributed by atoms with Crippen molar-refractivity contribution in [3.8, 4) is 0 Å². The fraction of sp³-hybridized carbons (Fsp3) is 0.500. The third-order valence-corrected chi connectivity index (χ3v) is 6.60. The molecule has 0 amide bonds. The van der Waals surface area contributed by atoms with Gasteiger partial charge in [0.15, 0.2) is 5.82 Å². The van der Waals surface area contributed by atoms with Crippen molar-refractivity contribution in [2.75, 3.05) is 13.1 Å². The topological polar surface area (TPSA) is 76.3 Å². The van der Waals surface area contributed by atoms with E-state index in [9.17, 15) is 8.42 Å². The van der Waals surface area contributed by atoms with Crippen molar-refractivity contribution in [2.45, 2.75) is 29.9 Å². The standard InChI is InChI=1S/C12H15N3O3S2/c1-9-13-12(18-14-9)10-4-2-6-15(8-10)20(16,17)11-5-3-7-19-11/h3,5,7,10H,2,4,6,8H2,1H3. The van der Waals surface area contributed by atoms with E-state index in [4.69, 9.17) is 4.52 Å². The zero-order valence-corrected chi connectivity index (χ0v) is 12.7. The third kappa shape index (κ3) is 2.50. The van der Waals surface area contributed by atoms with Gasteiger partial charge in [0.25, 0.3) is 10.0 Å². The number of hydrogen-bond donors (Lipinski definition) is 0. The summed E-state index contributed by atoms with van der Waals surface area (Å²) in [5.41, 5.74) is 0. The van der Waals surface area contributed by atoms with Crippen LogP contribution in [0, 0.1) is 6.92 Å². The SMILES string of the molecule is Cc1noc(C2CCCN(S(=O)(=O)c3cccs3)C2)n1. The Labute approximate surface area is 121 Å². The molecule has 0 bridgehead atoms. The van der Waals surface area contributed by atoms with Gasteiger partial charge >= 0.3 is 0 Å². The zero-order valence-electron chi connectivity index (χ0n) is 11.0. The molecule has 3 heterocycles. The van der Waals surface area contributed by atoms with Gasteiger partial charge in [0.2, 0.25) is 5.89 Å². The number of aromatic nitrogens is 2. The van der Waals surface area contributed by atoms with E-state index in [0.717, 1.165) is 12.8 Å². The third-order valence-electron chi connectivity index (χ3n) is 3.37. The molecule has 0 saturated carbocycles. The van der Waals surface area contributed by atoms with Crippen LogP contribution in [0.2, 0.25) is 0 Å². The summed E-state index contributed by atoms with van der Waals surface area (Å²) in [6, 6.07) is 3.39. The molecular weight excluding hydrogens is 298 g/mol. The van der Waals surface area contributed by atoms with Crippen LogP contribution in [-0.4, -0.2) is 36.0 Å². The van der Waals surface area contributed by atoms with Crippen LogP contribution < -0.4 is 0 Å². The van der Waals surface area contributed by atoms with Crippen LogP contribution in [0.1, 0.15) is 30.5 Å². The fourth-order valence-electron chi connectivity index (χ4n) is 2.38. The van der Waals surface area contributed by atoms with Gasteiger partial charge in [-0.3, -0.25) is 0 Å². The minimum absolute atomic E-state index is 0.0142. The van der Waals surface area contributed by atoms with E-state index in [1.165, 1.54) is 15.6 Å². The smallest absolute Gasteiger partial charge is 0.252 e. The number of thiophene rings is 1. The van der Waals surface area contributed by atoms with Gasteiger partial charge in [-0.05, 0) is 31.2 Å². The minimum atomic E-state index is -3.39. The predicted molar refractivity (Wildman–Crippen MR) is 74.1 cm³/mol. The van der Waals surface area contributed by atoms with Crippen LogP contribution in [0.5, 0.6) is 0 Å². The number of nitrogens with zero attached hydrogens (tertiary/aromatic N) is 3. The lowest BCUT2D eigenvalue weighted by Gasteiger charge is -2.29. The average molecular weight is 313 g/mol. The van der Waals surface area contributed by atoms with Crippen LogP contribution in [0.15, 0.2) is 26.2 Å². The maximum absolute atomic E-state index is 12.5. The van der Waals surface area contributed by atoms with E-state index in [-0.39, 0.29) is 5.92 Å². The Kier molecular flexibility index (Phi) is 3.61. The van der Waals surface area contributed by atoms with E-state index >= 15 is 0 Å². The van der Waals surface area contributed by atoms with Crippen molar-refractivity contribution < 1.29 is 12.9 Å². The molecule has 108 valence electrons. The molecule has 1 fully saturated rings. The van der Waals surface area contributed by atoms with E-state index in [2.05, 4.69) is 10.1 Å². The highest BCUT2D eigenvalue weighted by Gasteiger charge is 2.33. The summed E-state index contributed by atoms with van der Waals surface area (Å²) >= 11 is 1.24. The van der Waals surface area contributed by atoms with Gasteiger partial charge in [0.05, 0.1) is 5.92 Å². The molecule has 1 aliphatic heterocycles. The van der Waals surface area contributed by atoms with Gasteiger partial charge in [-0.2, -0.15) is 9.29 Å². The molecular formula is C12H15N3O3S2. The summed E-state index contributed by atoms with van der Waals surface area (Å²) in [7, 11) is -3.39. The Morgan fingerprint density at radius 1 is 1.50 bits per heavy atom. The molecule has 20 heavy (non-hydrogen) atoms. The molecule has 1 aliphatic rings. The summed E-state index contributed by atoms with van der Waals surface area (Å²) in [6.07, 6.45) is 1.68. The highest BCUT2D eigenvalue weighted by Crippen LogP contribution is 2.30. The molecule has 8 heteroatoms. The number of piperidine rings is 1. The predicted octanol–water partition coefficient (Wildman–Crippen LogP) is 2.01. The second-order valence-electron chi connectivity index (χ2n) is 4.81. The van der Waals surface area contributed by atoms with Crippen molar-refractivity contribution in [2.24, 2.45) is 0 Å². The van der Waals surface area contributed by atoms with Crippen molar-refractivity contribution >= 4 is 21.4 Å². The number of hydrogen-bond acceptors (Lipinski definition) is 6. The lowest BCUT2D eigenvalue weighted by Crippen LogP contribution is -2.38. The molecule has 0 aromatic carbocycles. The molecule has 0 aliphatic carbocycles. The summed E-state index contributed by atoms with van der Waals surface area (Å²) in [5.74, 6) is 1.10. The molecule has 6 nitrogen and oxygen atoms in total. The Hall–Kier alpha value is -1.25. The molecule has 1 atom stereocenters. The minimum Gasteiger partial charge on any atom is -0.339 e. The Bertz CT molecular complexity index is 679. The lowest BCUT2D eigenvalue weighted by atomic mass is 10.00. The molecule has 1 unspecified atom stereocenters. The summed E-state index contributed by atoms with van der Waals surface area (Å²) in [6.45, 7) is 2.71. The van der Waals surface area contributed by atoms with Crippen LogP contribution in [0.4, 0.5) is 0 Å². The van der Waals surface area contributed by atoms with Gasteiger partial charge in [-0.1, -0.05) is 11.2 Å². The van der Waals surface area contributed by atoms with Crippen molar-refractivity contribution in [3.05, 3.63) is 29.2 Å². The molecule has 0 radical (unpaired) electrons. The number of aryl methyl sites for hydroxylation is 1. The monoisotopic (exact) mass is 313 g/mol. The Balaban J connectivity index is 1.82. The molecule has 0 N–H and O–H groups in total. The van der Waals surface area contributed by atoms with E-state index in [1.807, 2.05) is 0 Å². The maximum Gasteiger partial charge on any atom is 0.252 e. The van der Waals surface area contributed by atoms with E-state index < -0.39 is 10.0 Å². The van der Waals surface area contributed by atoms with Gasteiger partial charge in [-0.25, -0.2) is 8.42 Å². The van der Waals surface area contributed by atoms with Crippen LogP contribution in [0.3, 0.4) is 0 Å². The number of rotatable bonds is 3. The maximum atomic E-state index is 12.5. The first kappa shape index (κ1) is 13.7. The molecule has 3 rings (SSSR count). The van der Waals surface area contributed by atoms with Crippen LogP contribution >= 0.6 is 11.3 Å². The number of sulfonamides is 1. The first-order chi connectivity index (χ1) is 9.57. The second-order valence-corrected chi connectivity index (χ2v) is 7.93. The highest BCUT2D eigenvalue weighted by atomic mass is 32.2. The fourth-order valence-corrected chi connectivity index (χ4v) is 5.05. The zero-order chi connectivity index (χ0) is 14.2. The second kappa shape index (κ2) is 5.27. The van der Waals surface area contributed by atoms with Gasteiger partial charge in [-0.15, -0.1) is 11.3 Å². The summed E-state index contributed by atoms with van der Waals surface area (Å²) in [4.78, 5) is 4.22. The van der Waals surface area contributed by atoms with Gasteiger partial charge < -0.3 is 4.52 Å². The van der Waals surface area contributed by atoms with Gasteiger partial charge in [0, 0.05) is 13.1 Å². The Morgan fingerprint density at radius 3 is 3.00 bits per heavy atom. The van der Waals surface area contributed by atoms with E-state index in [0.29, 0.717) is 29.0 Å². The summed E-state index contributed by atoms with van der Waals surface area (Å²) < 4.78 is 32.1. The van der Waals surface area contributed by atoms with Gasteiger partial charge in [0.1, 0.15) is 4.21 Å². The lowest BCUT2D eigenvalue weighted by molar-refractivity contribution is 0.265. The molecule has 0 spiro atoms. The van der Waals surface area contributed by atoms with Crippen LogP contribution in [-0.2, 0) is 10.0 Å². The van der Waals surface area contributed by atoms with Crippen molar-refractivity contribution in [3.63, 3.8) is 0 Å². The molecule has 2 aromatic heterocycles. The first-order valence-corrected chi connectivity index (χ1v) is 8.73. The van der Waals surface area contributed by atoms with Crippen molar-refractivity contribution in [1.82, 2.24) is 14.4 Å². The normalized spacial score (nSPS) is 21.1. The van der Waals surface area contributed by atoms with Crippen LogP contribution in [0.25, 0.3) is 0 Å². The van der Waals surface area contributed by atoms with Crippen molar-refractivity contribution in [1.29, 1.82) is 0 Å². The average Bonchev–Trinajstić information content (AvgIpc) is 3.10. The summed E-state index contributed by atoms with van der Waals surface area (Å²) in [5, 5.41) is 5.55. The first-order valence-electron chi connectivity index (χ1n) is 6.41. The quantitative estimate of drug-likeness (QED) is 0.866. The highest BCUT2D eigenvalue weighted by molar-refractivity contribution is 7.91. The molecule has 1 saturated heterocycles. The van der Waals surface area contributed by atoms with E-state index in [1.54, 1.807) is 24.4 Å².